The highest BCUT2D eigenvalue weighted by atomic mass is 19.4. The molecule has 0 saturated carbocycles. The van der Waals surface area contributed by atoms with Gasteiger partial charge in [-0.2, -0.15) is 23.0 Å². The first-order valence-electron chi connectivity index (χ1n) is 11.9. The van der Waals surface area contributed by atoms with E-state index in [0.717, 1.165) is 39.4 Å². The normalized spacial score (nSPS) is 11.6. The summed E-state index contributed by atoms with van der Waals surface area (Å²) in [6.07, 6.45) is -4.65. The Balaban J connectivity index is 1.80. The van der Waals surface area contributed by atoms with Crippen LogP contribution in [0.1, 0.15) is 27.9 Å². The number of aryl methyl sites for hydroxylation is 3. The van der Waals surface area contributed by atoms with E-state index in [-0.39, 0.29) is 11.6 Å². The second-order valence-electron chi connectivity index (χ2n) is 9.28. The van der Waals surface area contributed by atoms with Gasteiger partial charge in [0.25, 0.3) is 5.95 Å². The monoisotopic (exact) mass is 498 g/mol. The van der Waals surface area contributed by atoms with E-state index in [0.29, 0.717) is 17.0 Å². The van der Waals surface area contributed by atoms with Crippen molar-refractivity contribution in [2.45, 2.75) is 33.9 Å². The van der Waals surface area contributed by atoms with Gasteiger partial charge in [0.15, 0.2) is 5.69 Å². The highest BCUT2D eigenvalue weighted by molar-refractivity contribution is 5.76. The number of aromatic nitrogens is 4. The van der Waals surface area contributed by atoms with E-state index < -0.39 is 11.9 Å². The first-order valence-corrected chi connectivity index (χ1v) is 11.9. The van der Waals surface area contributed by atoms with Crippen LogP contribution in [-0.4, -0.2) is 19.7 Å². The molecule has 4 nitrogen and oxygen atoms in total. The van der Waals surface area contributed by atoms with Gasteiger partial charge in [-0.05, 0) is 45.9 Å². The molecule has 0 saturated heterocycles. The molecule has 0 atom stereocenters. The minimum Gasteiger partial charge on any atom is -0.211 e. The van der Waals surface area contributed by atoms with Crippen molar-refractivity contribution < 1.29 is 13.2 Å². The summed E-state index contributed by atoms with van der Waals surface area (Å²) in [7, 11) is 0. The van der Waals surface area contributed by atoms with Crippen molar-refractivity contribution in [3.8, 4) is 39.7 Å². The zero-order chi connectivity index (χ0) is 26.3. The minimum absolute atomic E-state index is 0.135. The predicted octanol–water partition coefficient (Wildman–Crippen LogP) is 7.92. The van der Waals surface area contributed by atoms with E-state index in [1.54, 1.807) is 12.1 Å². The molecule has 2 heterocycles. The molecular weight excluding hydrogens is 473 g/mol. The summed E-state index contributed by atoms with van der Waals surface area (Å²) in [5.74, 6) is -0.135. The van der Waals surface area contributed by atoms with Gasteiger partial charge in [0.1, 0.15) is 0 Å². The molecule has 0 unspecified atom stereocenters. The van der Waals surface area contributed by atoms with Crippen molar-refractivity contribution >= 4 is 0 Å². The first-order chi connectivity index (χ1) is 17.6. The van der Waals surface area contributed by atoms with Crippen molar-refractivity contribution in [3.63, 3.8) is 0 Å². The lowest BCUT2D eigenvalue weighted by Crippen LogP contribution is -2.14. The Morgan fingerprint density at radius 3 is 1.89 bits per heavy atom. The van der Waals surface area contributed by atoms with Crippen LogP contribution in [0.25, 0.3) is 39.7 Å². The molecule has 0 aliphatic rings. The molecule has 5 rings (SSSR count). The summed E-state index contributed by atoms with van der Waals surface area (Å²) in [6, 6.07) is 23.8. The van der Waals surface area contributed by atoms with Gasteiger partial charge in [-0.25, -0.2) is 9.97 Å². The van der Waals surface area contributed by atoms with Gasteiger partial charge in [-0.15, -0.1) is 0 Å². The molecule has 0 bridgehead atoms. The number of rotatable bonds is 4. The number of hydrogen-bond donors (Lipinski definition) is 0. The zero-order valence-electron chi connectivity index (χ0n) is 20.9. The number of hydrogen-bond acceptors (Lipinski definition) is 3. The molecule has 0 aliphatic heterocycles. The van der Waals surface area contributed by atoms with Crippen molar-refractivity contribution in [2.75, 3.05) is 0 Å². The van der Waals surface area contributed by atoms with Gasteiger partial charge >= 0.3 is 6.18 Å². The van der Waals surface area contributed by atoms with Crippen molar-refractivity contribution in [1.29, 1.82) is 0 Å². The highest BCUT2D eigenvalue weighted by Gasteiger charge is 2.34. The fraction of sp³-hybridized carbons (Fsp3) is 0.167. The van der Waals surface area contributed by atoms with Crippen LogP contribution in [0.15, 0.2) is 78.9 Å². The SMILES string of the molecule is Cc1ccc(-c2cc(C(F)(F)F)nc(-n3nc(-c4cccc(C)c4)c(C)c3-c3cccc(C)c3)n2)cc1. The third-order valence-corrected chi connectivity index (χ3v) is 6.25. The highest BCUT2D eigenvalue weighted by Crippen LogP contribution is 2.36. The molecule has 3 aromatic carbocycles. The van der Waals surface area contributed by atoms with Gasteiger partial charge in [0, 0.05) is 22.3 Å². The molecule has 0 spiro atoms. The third kappa shape index (κ3) is 4.89. The summed E-state index contributed by atoms with van der Waals surface area (Å²) in [5.41, 5.74) is 6.64. The van der Waals surface area contributed by atoms with Crippen molar-refractivity contribution in [2.24, 2.45) is 0 Å². The van der Waals surface area contributed by atoms with Crippen LogP contribution in [0.5, 0.6) is 0 Å². The molecule has 0 fully saturated rings. The van der Waals surface area contributed by atoms with Gasteiger partial charge in [0.05, 0.1) is 17.1 Å². The van der Waals surface area contributed by atoms with Crippen molar-refractivity contribution in [1.82, 2.24) is 19.7 Å². The Labute approximate surface area is 213 Å². The predicted molar refractivity (Wildman–Crippen MR) is 139 cm³/mol. The topological polar surface area (TPSA) is 43.6 Å². The van der Waals surface area contributed by atoms with E-state index in [2.05, 4.69) is 9.97 Å². The van der Waals surface area contributed by atoms with Gasteiger partial charge in [0.2, 0.25) is 0 Å². The smallest absolute Gasteiger partial charge is 0.211 e. The largest absolute Gasteiger partial charge is 0.433 e. The molecule has 0 aliphatic carbocycles. The molecule has 2 aromatic heterocycles. The molecule has 5 aromatic rings. The van der Waals surface area contributed by atoms with Crippen LogP contribution in [0, 0.1) is 27.7 Å². The van der Waals surface area contributed by atoms with Crippen LogP contribution in [0.2, 0.25) is 0 Å². The van der Waals surface area contributed by atoms with Crippen LogP contribution >= 0.6 is 0 Å². The Hall–Kier alpha value is -4.26. The van der Waals surface area contributed by atoms with Gasteiger partial charge in [-0.3, -0.25) is 0 Å². The first kappa shape index (κ1) is 24.4. The van der Waals surface area contributed by atoms with Crippen molar-refractivity contribution in [3.05, 3.63) is 107 Å². The summed E-state index contributed by atoms with van der Waals surface area (Å²) in [5, 5.41) is 4.79. The average Bonchev–Trinajstić information content (AvgIpc) is 3.21. The lowest BCUT2D eigenvalue weighted by atomic mass is 10.0. The zero-order valence-corrected chi connectivity index (χ0v) is 20.9. The Kier molecular flexibility index (Phi) is 6.15. The maximum atomic E-state index is 14.0. The van der Waals surface area contributed by atoms with E-state index in [9.17, 15) is 13.2 Å². The van der Waals surface area contributed by atoms with E-state index in [1.807, 2.05) is 88.4 Å². The number of halogens is 3. The summed E-state index contributed by atoms with van der Waals surface area (Å²) >= 11 is 0. The number of nitrogens with zero attached hydrogens (tertiary/aromatic N) is 4. The lowest BCUT2D eigenvalue weighted by molar-refractivity contribution is -0.141. The fourth-order valence-electron chi connectivity index (χ4n) is 4.39. The van der Waals surface area contributed by atoms with Gasteiger partial charge in [-0.1, -0.05) is 77.4 Å². The average molecular weight is 499 g/mol. The van der Waals surface area contributed by atoms with Crippen LogP contribution < -0.4 is 0 Å². The number of benzene rings is 3. The molecule has 0 amide bonds. The maximum Gasteiger partial charge on any atom is 0.433 e. The fourth-order valence-corrected chi connectivity index (χ4v) is 4.39. The second-order valence-corrected chi connectivity index (χ2v) is 9.28. The number of alkyl halides is 3. The molecule has 7 heteroatoms. The molecule has 186 valence electrons. The molecular formula is C30H25F3N4. The van der Waals surface area contributed by atoms with Crippen LogP contribution in [-0.2, 0) is 6.18 Å². The third-order valence-electron chi connectivity index (χ3n) is 6.25. The Bertz CT molecular complexity index is 1600. The lowest BCUT2D eigenvalue weighted by Gasteiger charge is -2.13. The molecule has 0 radical (unpaired) electrons. The summed E-state index contributed by atoms with van der Waals surface area (Å²) in [6.45, 7) is 7.80. The van der Waals surface area contributed by atoms with E-state index in [1.165, 1.54) is 4.68 Å². The van der Waals surface area contributed by atoms with Gasteiger partial charge < -0.3 is 0 Å². The summed E-state index contributed by atoms with van der Waals surface area (Å²) in [4.78, 5) is 8.54. The van der Waals surface area contributed by atoms with E-state index >= 15 is 0 Å². The second kappa shape index (κ2) is 9.32. The minimum atomic E-state index is -4.65. The Morgan fingerprint density at radius 2 is 1.27 bits per heavy atom. The quantitative estimate of drug-likeness (QED) is 0.253. The Morgan fingerprint density at radius 1 is 0.649 bits per heavy atom. The van der Waals surface area contributed by atoms with Crippen LogP contribution in [0.3, 0.4) is 0 Å². The summed E-state index contributed by atoms with van der Waals surface area (Å²) < 4.78 is 43.4. The standard InChI is InChI=1S/C30H25F3N4/c1-18-11-13-22(14-12-18)25-17-26(30(31,32)33)35-29(34-25)37-28(24-10-6-8-20(3)16-24)21(4)27(36-37)23-9-5-7-19(2)15-23/h5-17H,1-4H3. The molecule has 37 heavy (non-hydrogen) atoms. The van der Waals surface area contributed by atoms with E-state index in [4.69, 9.17) is 5.10 Å². The maximum absolute atomic E-state index is 14.0. The van der Waals surface area contributed by atoms with Crippen LogP contribution in [0.4, 0.5) is 13.2 Å². The molecule has 0 N–H and O–H groups in total.